The first kappa shape index (κ1) is 17.4. The molecule has 0 spiro atoms. The summed E-state index contributed by atoms with van der Waals surface area (Å²) in [5.41, 5.74) is -0.345. The van der Waals surface area contributed by atoms with E-state index in [0.29, 0.717) is 12.3 Å². The molecule has 0 bridgehead atoms. The molecule has 0 amide bonds. The van der Waals surface area contributed by atoms with Gasteiger partial charge in [-0.25, -0.2) is 9.79 Å². The molecule has 0 unspecified atom stereocenters. The molecule has 128 valence electrons. The first-order valence-electron chi connectivity index (χ1n) is 7.56. The van der Waals surface area contributed by atoms with Gasteiger partial charge in [-0.3, -0.25) is 0 Å². The maximum absolute atomic E-state index is 12.6. The number of rotatable bonds is 7. The molecule has 7 heteroatoms. The fourth-order valence-electron chi connectivity index (χ4n) is 2.86. The van der Waals surface area contributed by atoms with Gasteiger partial charge in [-0.05, 0) is 16.2 Å². The van der Waals surface area contributed by atoms with Crippen LogP contribution in [0.4, 0.5) is 0 Å². The molecule has 0 radical (unpaired) electrons. The molecule has 1 aromatic rings. The zero-order valence-corrected chi connectivity index (χ0v) is 15.3. The number of hydrogen-bond donors (Lipinski definition) is 0. The molecule has 6 nitrogen and oxygen atoms in total. The number of carbonyl (C=O) groups is 1. The average molecular weight is 443 g/mol. The van der Waals surface area contributed by atoms with E-state index in [9.17, 15) is 4.79 Å². The van der Waals surface area contributed by atoms with E-state index in [1.165, 1.54) is 7.11 Å². The summed E-state index contributed by atoms with van der Waals surface area (Å²) in [6.07, 6.45) is 1.61. The van der Waals surface area contributed by atoms with Gasteiger partial charge in [-0.15, -0.1) is 0 Å². The maximum Gasteiger partial charge on any atom is 0.341 e. The van der Waals surface area contributed by atoms with Crippen molar-refractivity contribution in [2.75, 3.05) is 20.5 Å². The Morgan fingerprint density at radius 2 is 2.12 bits per heavy atom. The number of methoxy groups -OCH3 is 1. The predicted octanol–water partition coefficient (Wildman–Crippen LogP) is 2.46. The topological polar surface area (TPSA) is 66.3 Å². The third kappa shape index (κ3) is 3.20. The summed E-state index contributed by atoms with van der Waals surface area (Å²) < 4.78 is 23.8. The molecule has 2 heterocycles. The van der Waals surface area contributed by atoms with Gasteiger partial charge in [0.25, 0.3) is 0 Å². The van der Waals surface area contributed by atoms with Crippen LogP contribution in [0.3, 0.4) is 0 Å². The van der Waals surface area contributed by atoms with E-state index in [1.54, 1.807) is 0 Å². The number of aliphatic imine (C=N–C) groups is 1. The first-order chi connectivity index (χ1) is 11.7. The van der Waals surface area contributed by atoms with E-state index in [0.717, 1.165) is 5.56 Å². The van der Waals surface area contributed by atoms with Crippen LogP contribution in [-0.4, -0.2) is 50.1 Å². The van der Waals surface area contributed by atoms with Crippen molar-refractivity contribution in [1.29, 1.82) is 0 Å². The number of cyclic esters (lactones) is 1. The van der Waals surface area contributed by atoms with Crippen LogP contribution >= 0.6 is 22.6 Å². The molecular weight excluding hydrogens is 425 g/mol. The van der Waals surface area contributed by atoms with E-state index < -0.39 is 17.6 Å². The van der Waals surface area contributed by atoms with Gasteiger partial charge in [0, 0.05) is 19.1 Å². The Morgan fingerprint density at radius 1 is 1.33 bits per heavy atom. The quantitative estimate of drug-likeness (QED) is 0.281. The molecule has 0 aromatic heterocycles. The molecule has 2 aliphatic rings. The van der Waals surface area contributed by atoms with Gasteiger partial charge < -0.3 is 18.9 Å². The van der Waals surface area contributed by atoms with Crippen molar-refractivity contribution in [1.82, 2.24) is 0 Å². The van der Waals surface area contributed by atoms with Crippen molar-refractivity contribution in [2.24, 2.45) is 4.99 Å². The second-order valence-electron chi connectivity index (χ2n) is 5.54. The molecule has 0 saturated carbocycles. The Morgan fingerprint density at radius 3 is 2.83 bits per heavy atom. The summed E-state index contributed by atoms with van der Waals surface area (Å²) in [6.45, 7) is 0.140. The zero-order chi connectivity index (χ0) is 17.0. The van der Waals surface area contributed by atoms with Crippen LogP contribution in [0.5, 0.6) is 0 Å². The molecule has 24 heavy (non-hydrogen) atoms. The van der Waals surface area contributed by atoms with E-state index in [-0.39, 0.29) is 19.5 Å². The number of nitrogens with zero attached hydrogens (tertiary/aromatic N) is 1. The number of carbonyl (C=O) groups excluding carboxylic acids is 1. The number of halogens is 1. The Balaban J connectivity index is 1.90. The molecule has 3 rings (SSSR count). The van der Waals surface area contributed by atoms with Gasteiger partial charge in [0.15, 0.2) is 6.10 Å². The van der Waals surface area contributed by atoms with Gasteiger partial charge >= 0.3 is 5.97 Å². The standard InChI is InChI=1S/C17H18INO5/c1-21-11-22-10-17-14(13(8-5-9-18)23-16(17)20)24-15(19-17)12-6-3-2-4-7-12/h2-7,9,13-14H,8,10-11H2,1H3/b9-5+/t13-,14+,17+/m1/s1. The molecular formula is C17H18INO5. The molecule has 1 fully saturated rings. The second-order valence-corrected chi connectivity index (χ2v) is 6.26. The minimum absolute atomic E-state index is 0.0606. The van der Waals surface area contributed by atoms with Crippen LogP contribution in [0.1, 0.15) is 12.0 Å². The van der Waals surface area contributed by atoms with Crippen molar-refractivity contribution < 1.29 is 23.7 Å². The van der Waals surface area contributed by atoms with Crippen LogP contribution in [0, 0.1) is 0 Å². The highest BCUT2D eigenvalue weighted by Crippen LogP contribution is 2.40. The minimum Gasteiger partial charge on any atom is -0.467 e. The molecule has 2 aliphatic heterocycles. The normalized spacial score (nSPS) is 28.6. The minimum atomic E-state index is -1.17. The third-order valence-corrected chi connectivity index (χ3v) is 4.47. The SMILES string of the molecule is COCOC[C@]12N=C(c3ccccc3)O[C@H]1[C@@H](C/C=C/I)OC2=O. The average Bonchev–Trinajstić information content (AvgIpc) is 3.10. The fraction of sp³-hybridized carbons (Fsp3) is 0.412. The molecule has 0 aliphatic carbocycles. The van der Waals surface area contributed by atoms with Gasteiger partial charge in [0.05, 0.1) is 6.61 Å². The Bertz CT molecular complexity index is 648. The van der Waals surface area contributed by atoms with Crippen molar-refractivity contribution in [2.45, 2.75) is 24.2 Å². The maximum atomic E-state index is 12.6. The number of esters is 1. The van der Waals surface area contributed by atoms with Gasteiger partial charge in [0.2, 0.25) is 11.4 Å². The lowest BCUT2D eigenvalue weighted by molar-refractivity contribution is -0.148. The van der Waals surface area contributed by atoms with E-state index in [4.69, 9.17) is 18.9 Å². The Labute approximate surface area is 154 Å². The molecule has 0 N–H and O–H groups in total. The van der Waals surface area contributed by atoms with E-state index in [2.05, 4.69) is 27.6 Å². The Kier molecular flexibility index (Phi) is 5.52. The lowest BCUT2D eigenvalue weighted by atomic mass is 9.93. The zero-order valence-electron chi connectivity index (χ0n) is 13.2. The van der Waals surface area contributed by atoms with Crippen molar-refractivity contribution in [3.05, 3.63) is 46.1 Å². The van der Waals surface area contributed by atoms with Crippen LogP contribution in [-0.2, 0) is 23.7 Å². The summed E-state index contributed by atoms with van der Waals surface area (Å²) in [5.74, 6) is 0.0307. The largest absolute Gasteiger partial charge is 0.467 e. The predicted molar refractivity (Wildman–Crippen MR) is 96.1 cm³/mol. The summed E-state index contributed by atoms with van der Waals surface area (Å²) in [5, 5.41) is 0. The van der Waals surface area contributed by atoms with Gasteiger partial charge in [-0.2, -0.15) is 0 Å². The molecule has 1 aromatic carbocycles. The molecule has 3 atom stereocenters. The van der Waals surface area contributed by atoms with Crippen molar-refractivity contribution in [3.63, 3.8) is 0 Å². The summed E-state index contributed by atoms with van der Waals surface area (Å²) in [6, 6.07) is 9.51. The number of fused-ring (bicyclic) bond motifs is 1. The first-order valence-corrected chi connectivity index (χ1v) is 8.81. The van der Waals surface area contributed by atoms with Crippen LogP contribution < -0.4 is 0 Å². The lowest BCUT2D eigenvalue weighted by Crippen LogP contribution is -2.46. The van der Waals surface area contributed by atoms with Gasteiger partial charge in [0.1, 0.15) is 12.9 Å². The molecule has 1 saturated heterocycles. The third-order valence-electron chi connectivity index (χ3n) is 3.96. The van der Waals surface area contributed by atoms with Crippen LogP contribution in [0.25, 0.3) is 0 Å². The summed E-state index contributed by atoms with van der Waals surface area (Å²) in [7, 11) is 1.53. The summed E-state index contributed by atoms with van der Waals surface area (Å²) in [4.78, 5) is 17.1. The van der Waals surface area contributed by atoms with Gasteiger partial charge in [-0.1, -0.05) is 46.9 Å². The monoisotopic (exact) mass is 443 g/mol. The van der Waals surface area contributed by atoms with E-state index >= 15 is 0 Å². The smallest absolute Gasteiger partial charge is 0.341 e. The van der Waals surface area contributed by atoms with Crippen molar-refractivity contribution >= 4 is 34.5 Å². The Hall–Kier alpha value is -1.45. The highest BCUT2D eigenvalue weighted by atomic mass is 127. The fourth-order valence-corrected chi connectivity index (χ4v) is 3.15. The lowest BCUT2D eigenvalue weighted by Gasteiger charge is -2.21. The summed E-state index contributed by atoms with van der Waals surface area (Å²) >= 11 is 2.13. The highest BCUT2D eigenvalue weighted by Gasteiger charge is 2.63. The second kappa shape index (κ2) is 7.62. The number of benzene rings is 1. The van der Waals surface area contributed by atoms with Crippen LogP contribution in [0.2, 0.25) is 0 Å². The number of ether oxygens (including phenoxy) is 4. The van der Waals surface area contributed by atoms with Crippen molar-refractivity contribution in [3.8, 4) is 0 Å². The van der Waals surface area contributed by atoms with Crippen LogP contribution in [0.15, 0.2) is 45.5 Å². The number of hydrogen-bond acceptors (Lipinski definition) is 6. The highest BCUT2D eigenvalue weighted by molar-refractivity contribution is 14.1. The van der Waals surface area contributed by atoms with E-state index in [1.807, 2.05) is 40.5 Å².